The van der Waals surface area contributed by atoms with Gasteiger partial charge in [0.2, 0.25) is 0 Å². The van der Waals surface area contributed by atoms with Crippen LogP contribution in [0.25, 0.3) is 10.9 Å². The van der Waals surface area contributed by atoms with Gasteiger partial charge in [0.1, 0.15) is 11.3 Å². The first-order valence-corrected chi connectivity index (χ1v) is 3.76. The third kappa shape index (κ3) is 1.13. The molecule has 3 heteroatoms. The SMILES string of the molecule is N#Cc1ccc(F)c2ncccc12. The molecule has 0 fully saturated rings. The smallest absolute Gasteiger partial charge is 0.149 e. The first kappa shape index (κ1) is 7.69. The Bertz CT molecular complexity index is 500. The van der Waals surface area contributed by atoms with Gasteiger partial charge in [-0.1, -0.05) is 0 Å². The average Bonchev–Trinajstić information content (AvgIpc) is 2.19. The van der Waals surface area contributed by atoms with Crippen LogP contribution in [0, 0.1) is 17.1 Å². The van der Waals surface area contributed by atoms with E-state index in [1.807, 2.05) is 6.07 Å². The number of nitrogens with zero attached hydrogens (tertiary/aromatic N) is 2. The molecule has 0 atom stereocenters. The maximum absolute atomic E-state index is 13.1. The molecule has 0 radical (unpaired) electrons. The summed E-state index contributed by atoms with van der Waals surface area (Å²) in [6, 6.07) is 8.07. The Kier molecular flexibility index (Phi) is 1.67. The van der Waals surface area contributed by atoms with Crippen molar-refractivity contribution in [2.45, 2.75) is 0 Å². The van der Waals surface area contributed by atoms with Crippen LogP contribution in [0.3, 0.4) is 0 Å². The number of halogens is 1. The molecule has 0 aliphatic carbocycles. The summed E-state index contributed by atoms with van der Waals surface area (Å²) in [5, 5.41) is 9.29. The maximum Gasteiger partial charge on any atom is 0.149 e. The van der Waals surface area contributed by atoms with Gasteiger partial charge in [-0.2, -0.15) is 5.26 Å². The van der Waals surface area contributed by atoms with E-state index in [-0.39, 0.29) is 5.52 Å². The molecule has 0 amide bonds. The number of aromatic nitrogens is 1. The first-order chi connectivity index (χ1) is 6.33. The predicted molar refractivity (Wildman–Crippen MR) is 46.4 cm³/mol. The number of hydrogen-bond acceptors (Lipinski definition) is 2. The molecule has 2 nitrogen and oxygen atoms in total. The number of rotatable bonds is 0. The molecule has 0 unspecified atom stereocenters. The van der Waals surface area contributed by atoms with Crippen LogP contribution < -0.4 is 0 Å². The monoisotopic (exact) mass is 172 g/mol. The molecule has 0 aliphatic heterocycles. The third-order valence-electron chi connectivity index (χ3n) is 1.84. The molecule has 62 valence electrons. The molecule has 0 spiro atoms. The Morgan fingerprint density at radius 3 is 2.92 bits per heavy atom. The fraction of sp³-hybridized carbons (Fsp3) is 0. The van der Waals surface area contributed by atoms with Gasteiger partial charge in [-0.15, -0.1) is 0 Å². The summed E-state index contributed by atoms with van der Waals surface area (Å²) in [5.74, 6) is -0.394. The van der Waals surface area contributed by atoms with Gasteiger partial charge in [0.05, 0.1) is 11.6 Å². The van der Waals surface area contributed by atoms with Crippen LogP contribution in [0.5, 0.6) is 0 Å². The maximum atomic E-state index is 13.1. The molecular weight excluding hydrogens is 167 g/mol. The van der Waals surface area contributed by atoms with Crippen LogP contribution >= 0.6 is 0 Å². The lowest BCUT2D eigenvalue weighted by molar-refractivity contribution is 0.636. The number of fused-ring (bicyclic) bond motifs is 1. The summed E-state index contributed by atoms with van der Waals surface area (Å²) in [4.78, 5) is 3.86. The van der Waals surface area contributed by atoms with Gasteiger partial charge in [-0.05, 0) is 24.3 Å². The number of benzene rings is 1. The number of pyridine rings is 1. The summed E-state index contributed by atoms with van der Waals surface area (Å²) >= 11 is 0. The molecule has 13 heavy (non-hydrogen) atoms. The second-order valence-corrected chi connectivity index (χ2v) is 2.61. The van der Waals surface area contributed by atoms with E-state index in [0.29, 0.717) is 10.9 Å². The Hall–Kier alpha value is -1.95. The van der Waals surface area contributed by atoms with Crippen molar-refractivity contribution in [3.8, 4) is 6.07 Å². The van der Waals surface area contributed by atoms with E-state index in [0.717, 1.165) is 0 Å². The van der Waals surface area contributed by atoms with E-state index in [1.165, 1.54) is 18.3 Å². The molecule has 0 aliphatic rings. The number of nitriles is 1. The van der Waals surface area contributed by atoms with E-state index in [1.54, 1.807) is 12.1 Å². The lowest BCUT2D eigenvalue weighted by Gasteiger charge is -1.98. The van der Waals surface area contributed by atoms with Crippen molar-refractivity contribution in [1.29, 1.82) is 5.26 Å². The van der Waals surface area contributed by atoms with E-state index < -0.39 is 5.82 Å². The van der Waals surface area contributed by atoms with Crippen molar-refractivity contribution in [2.24, 2.45) is 0 Å². The fourth-order valence-electron chi connectivity index (χ4n) is 1.24. The Balaban J connectivity index is 2.95. The third-order valence-corrected chi connectivity index (χ3v) is 1.84. The van der Waals surface area contributed by atoms with E-state index in [9.17, 15) is 4.39 Å². The lowest BCUT2D eigenvalue weighted by atomic mass is 10.1. The minimum Gasteiger partial charge on any atom is -0.253 e. The molecule has 0 N–H and O–H groups in total. The molecule has 0 bridgehead atoms. The Labute approximate surface area is 74.3 Å². The van der Waals surface area contributed by atoms with E-state index in [4.69, 9.17) is 5.26 Å². The number of hydrogen-bond donors (Lipinski definition) is 0. The molecule has 0 saturated carbocycles. The molecule has 1 heterocycles. The standard InChI is InChI=1S/C10H5FN2/c11-9-4-3-7(6-12)8-2-1-5-13-10(8)9/h1-5H. The highest BCUT2D eigenvalue weighted by atomic mass is 19.1. The Morgan fingerprint density at radius 2 is 2.15 bits per heavy atom. The summed E-state index contributed by atoms with van der Waals surface area (Å²) in [7, 11) is 0. The minimum absolute atomic E-state index is 0.251. The topological polar surface area (TPSA) is 36.7 Å². The molecule has 0 saturated heterocycles. The zero-order valence-electron chi connectivity index (χ0n) is 6.66. The summed E-state index contributed by atoms with van der Waals surface area (Å²) < 4.78 is 13.1. The van der Waals surface area contributed by atoms with Crippen molar-refractivity contribution in [3.05, 3.63) is 41.8 Å². The van der Waals surface area contributed by atoms with Crippen LogP contribution in [0.1, 0.15) is 5.56 Å². The highest BCUT2D eigenvalue weighted by Crippen LogP contribution is 2.18. The normalized spacial score (nSPS) is 9.85. The van der Waals surface area contributed by atoms with Crippen molar-refractivity contribution < 1.29 is 4.39 Å². The van der Waals surface area contributed by atoms with Crippen LogP contribution in [0.4, 0.5) is 4.39 Å². The average molecular weight is 172 g/mol. The van der Waals surface area contributed by atoms with Crippen molar-refractivity contribution >= 4 is 10.9 Å². The van der Waals surface area contributed by atoms with Gasteiger partial charge in [-0.25, -0.2) is 4.39 Å². The van der Waals surface area contributed by atoms with Crippen LogP contribution in [-0.2, 0) is 0 Å². The largest absolute Gasteiger partial charge is 0.253 e. The molecule has 1 aromatic carbocycles. The second-order valence-electron chi connectivity index (χ2n) is 2.61. The first-order valence-electron chi connectivity index (χ1n) is 3.76. The molecular formula is C10H5FN2. The van der Waals surface area contributed by atoms with Crippen LogP contribution in [0.15, 0.2) is 30.5 Å². The van der Waals surface area contributed by atoms with Crippen LogP contribution in [0.2, 0.25) is 0 Å². The van der Waals surface area contributed by atoms with Gasteiger partial charge >= 0.3 is 0 Å². The van der Waals surface area contributed by atoms with E-state index >= 15 is 0 Å². The lowest BCUT2D eigenvalue weighted by Crippen LogP contribution is -1.86. The van der Waals surface area contributed by atoms with Crippen molar-refractivity contribution in [3.63, 3.8) is 0 Å². The van der Waals surface area contributed by atoms with Crippen molar-refractivity contribution in [2.75, 3.05) is 0 Å². The van der Waals surface area contributed by atoms with Gasteiger partial charge in [0.15, 0.2) is 0 Å². The zero-order valence-corrected chi connectivity index (χ0v) is 6.66. The highest BCUT2D eigenvalue weighted by molar-refractivity contribution is 5.84. The predicted octanol–water partition coefficient (Wildman–Crippen LogP) is 2.25. The second kappa shape index (κ2) is 2.83. The van der Waals surface area contributed by atoms with Crippen molar-refractivity contribution in [1.82, 2.24) is 4.98 Å². The van der Waals surface area contributed by atoms with Gasteiger partial charge in [0.25, 0.3) is 0 Å². The molecule has 2 rings (SSSR count). The zero-order chi connectivity index (χ0) is 9.26. The van der Waals surface area contributed by atoms with E-state index in [2.05, 4.69) is 4.98 Å². The molecule has 2 aromatic rings. The van der Waals surface area contributed by atoms with Crippen LogP contribution in [-0.4, -0.2) is 4.98 Å². The minimum atomic E-state index is -0.394. The van der Waals surface area contributed by atoms with Gasteiger partial charge in [-0.3, -0.25) is 4.98 Å². The highest BCUT2D eigenvalue weighted by Gasteiger charge is 2.04. The van der Waals surface area contributed by atoms with Gasteiger partial charge < -0.3 is 0 Å². The quantitative estimate of drug-likeness (QED) is 0.611. The summed E-state index contributed by atoms with van der Waals surface area (Å²) in [6.07, 6.45) is 1.51. The Morgan fingerprint density at radius 1 is 1.31 bits per heavy atom. The van der Waals surface area contributed by atoms with Gasteiger partial charge in [0, 0.05) is 11.6 Å². The fourth-order valence-corrected chi connectivity index (χ4v) is 1.24. The summed E-state index contributed by atoms with van der Waals surface area (Å²) in [5.41, 5.74) is 0.700. The summed E-state index contributed by atoms with van der Waals surface area (Å²) in [6.45, 7) is 0. The molecule has 1 aromatic heterocycles.